The average molecular weight is 358 g/mol. The maximum absolute atomic E-state index is 11.2. The molecule has 0 unspecified atom stereocenters. The summed E-state index contributed by atoms with van der Waals surface area (Å²) >= 11 is 0. The fourth-order valence-electron chi connectivity index (χ4n) is 3.57. The number of aromatic nitrogens is 2. The molecular weight excluding hydrogens is 332 g/mol. The third kappa shape index (κ3) is 4.22. The lowest BCUT2D eigenvalue weighted by Crippen LogP contribution is -2.35. The number of carbonyl (C=O) groups is 1. The highest BCUT2D eigenvalue weighted by atomic mass is 16.5. The Labute approximate surface area is 153 Å². The summed E-state index contributed by atoms with van der Waals surface area (Å²) < 4.78 is 5.23. The van der Waals surface area contributed by atoms with E-state index in [4.69, 9.17) is 4.74 Å². The molecule has 1 saturated heterocycles. The van der Waals surface area contributed by atoms with E-state index < -0.39 is 6.09 Å². The molecule has 3 heterocycles. The molecule has 0 radical (unpaired) electrons. The second kappa shape index (κ2) is 8.31. The Kier molecular flexibility index (Phi) is 5.88. The van der Waals surface area contributed by atoms with Crippen LogP contribution in [0.4, 0.5) is 4.79 Å². The lowest BCUT2D eigenvalue weighted by atomic mass is 10.1. The maximum atomic E-state index is 11.2. The molecule has 1 N–H and O–H groups in total. The van der Waals surface area contributed by atoms with E-state index in [0.717, 1.165) is 49.1 Å². The molecule has 2 aromatic heterocycles. The number of likely N-dealkylation sites (tertiary alicyclic amines) is 1. The third-order valence-corrected chi connectivity index (χ3v) is 5.05. The Bertz CT molecular complexity index is 768. The van der Waals surface area contributed by atoms with Crippen LogP contribution in [0.3, 0.4) is 0 Å². The molecule has 1 atom stereocenters. The number of methoxy groups -OCH3 is 1. The van der Waals surface area contributed by atoms with Crippen LogP contribution in [0.15, 0.2) is 24.4 Å². The number of rotatable bonds is 7. The molecular formula is C19H26N4O3. The van der Waals surface area contributed by atoms with Gasteiger partial charge in [0, 0.05) is 38.4 Å². The summed E-state index contributed by atoms with van der Waals surface area (Å²) in [6.45, 7) is 5.96. The maximum Gasteiger partial charge on any atom is 0.407 e. The Morgan fingerprint density at radius 2 is 2.27 bits per heavy atom. The summed E-state index contributed by atoms with van der Waals surface area (Å²) in [6.07, 6.45) is 2.94. The van der Waals surface area contributed by atoms with Gasteiger partial charge in [0.1, 0.15) is 0 Å². The molecule has 1 amide bonds. The standard InChI is InChI=1S/C19H26N4O3/c1-3-23(19(24)25)13-14-7-10-22(12-14)11-8-15-6-9-20-16-4-5-17(26-2)21-18(15)16/h4-6,9,14H,3,7-8,10-13H2,1-2H3,(H,24,25)/t14-/m0/s1. The highest BCUT2D eigenvalue weighted by Gasteiger charge is 2.25. The van der Waals surface area contributed by atoms with Crippen LogP contribution in [0.25, 0.3) is 11.0 Å². The van der Waals surface area contributed by atoms with Crippen molar-refractivity contribution in [1.82, 2.24) is 19.8 Å². The number of fused-ring (bicyclic) bond motifs is 1. The minimum absolute atomic E-state index is 0.415. The molecule has 3 rings (SSSR count). The number of hydrogen-bond acceptors (Lipinski definition) is 5. The van der Waals surface area contributed by atoms with Gasteiger partial charge in [-0.3, -0.25) is 4.98 Å². The van der Waals surface area contributed by atoms with Crippen molar-refractivity contribution in [1.29, 1.82) is 0 Å². The molecule has 1 aliphatic rings. The Hall–Kier alpha value is -2.41. The molecule has 7 heteroatoms. The summed E-state index contributed by atoms with van der Waals surface area (Å²) in [4.78, 5) is 24.0. The SMILES string of the molecule is CCN(C[C@H]1CCN(CCc2ccnc3ccc(OC)nc23)C1)C(=O)O. The number of amides is 1. The van der Waals surface area contributed by atoms with E-state index in [-0.39, 0.29) is 0 Å². The monoisotopic (exact) mass is 358 g/mol. The molecule has 1 aliphatic heterocycles. The van der Waals surface area contributed by atoms with Crippen molar-refractivity contribution in [3.63, 3.8) is 0 Å². The van der Waals surface area contributed by atoms with E-state index >= 15 is 0 Å². The topological polar surface area (TPSA) is 78.8 Å². The van der Waals surface area contributed by atoms with Crippen LogP contribution in [-0.2, 0) is 6.42 Å². The van der Waals surface area contributed by atoms with E-state index in [2.05, 4.69) is 14.9 Å². The summed E-state index contributed by atoms with van der Waals surface area (Å²) in [5.41, 5.74) is 2.94. The molecule has 0 saturated carbocycles. The number of carboxylic acid groups (broad SMARTS) is 1. The van der Waals surface area contributed by atoms with Crippen molar-refractivity contribution >= 4 is 17.1 Å². The lowest BCUT2D eigenvalue weighted by Gasteiger charge is -2.21. The van der Waals surface area contributed by atoms with Crippen LogP contribution < -0.4 is 4.74 Å². The first-order chi connectivity index (χ1) is 12.6. The van der Waals surface area contributed by atoms with Crippen LogP contribution in [-0.4, -0.2) is 70.8 Å². The normalized spacial score (nSPS) is 17.5. The van der Waals surface area contributed by atoms with Gasteiger partial charge < -0.3 is 19.6 Å². The second-order valence-corrected chi connectivity index (χ2v) is 6.72. The first-order valence-corrected chi connectivity index (χ1v) is 9.09. The fourth-order valence-corrected chi connectivity index (χ4v) is 3.57. The fraction of sp³-hybridized carbons (Fsp3) is 0.526. The molecule has 0 bridgehead atoms. The van der Waals surface area contributed by atoms with Crippen LogP contribution in [0.2, 0.25) is 0 Å². The Morgan fingerprint density at radius 1 is 1.42 bits per heavy atom. The van der Waals surface area contributed by atoms with Gasteiger partial charge in [0.05, 0.1) is 18.1 Å². The van der Waals surface area contributed by atoms with Gasteiger partial charge in [-0.1, -0.05) is 0 Å². The smallest absolute Gasteiger partial charge is 0.407 e. The van der Waals surface area contributed by atoms with Crippen LogP contribution in [0.1, 0.15) is 18.9 Å². The Balaban J connectivity index is 1.60. The van der Waals surface area contributed by atoms with Crippen LogP contribution in [0.5, 0.6) is 5.88 Å². The third-order valence-electron chi connectivity index (χ3n) is 5.05. The van der Waals surface area contributed by atoms with Gasteiger partial charge in [0.2, 0.25) is 5.88 Å². The second-order valence-electron chi connectivity index (χ2n) is 6.72. The summed E-state index contributed by atoms with van der Waals surface area (Å²) in [7, 11) is 1.62. The van der Waals surface area contributed by atoms with Crippen molar-refractivity contribution in [3.8, 4) is 5.88 Å². The van der Waals surface area contributed by atoms with Gasteiger partial charge in [-0.25, -0.2) is 9.78 Å². The van der Waals surface area contributed by atoms with E-state index in [9.17, 15) is 9.90 Å². The molecule has 0 aliphatic carbocycles. The van der Waals surface area contributed by atoms with Gasteiger partial charge in [-0.05, 0) is 49.9 Å². The van der Waals surface area contributed by atoms with E-state index in [1.165, 1.54) is 4.90 Å². The molecule has 0 spiro atoms. The highest BCUT2D eigenvalue weighted by Crippen LogP contribution is 2.21. The van der Waals surface area contributed by atoms with Crippen LogP contribution in [0, 0.1) is 5.92 Å². The van der Waals surface area contributed by atoms with Gasteiger partial charge >= 0.3 is 6.09 Å². The number of ether oxygens (including phenoxy) is 1. The van der Waals surface area contributed by atoms with E-state index in [0.29, 0.717) is 24.9 Å². The first-order valence-electron chi connectivity index (χ1n) is 9.09. The van der Waals surface area contributed by atoms with Crippen LogP contribution >= 0.6 is 0 Å². The van der Waals surface area contributed by atoms with Gasteiger partial charge in [0.15, 0.2) is 0 Å². The quantitative estimate of drug-likeness (QED) is 0.819. The molecule has 2 aromatic rings. The highest BCUT2D eigenvalue weighted by molar-refractivity contribution is 5.78. The number of hydrogen-bond donors (Lipinski definition) is 1. The molecule has 26 heavy (non-hydrogen) atoms. The predicted octanol–water partition coefficient (Wildman–Crippen LogP) is 2.50. The summed E-state index contributed by atoms with van der Waals surface area (Å²) in [5.74, 6) is 1.01. The summed E-state index contributed by atoms with van der Waals surface area (Å²) in [6, 6.07) is 5.78. The van der Waals surface area contributed by atoms with Gasteiger partial charge in [0.25, 0.3) is 0 Å². The number of pyridine rings is 2. The minimum atomic E-state index is -0.825. The predicted molar refractivity (Wildman–Crippen MR) is 99.6 cm³/mol. The van der Waals surface area contributed by atoms with Crippen molar-refractivity contribution in [3.05, 3.63) is 30.0 Å². The molecule has 7 nitrogen and oxygen atoms in total. The van der Waals surface area contributed by atoms with Crippen molar-refractivity contribution in [2.75, 3.05) is 39.8 Å². The van der Waals surface area contributed by atoms with Gasteiger partial charge in [-0.15, -0.1) is 0 Å². The zero-order valence-electron chi connectivity index (χ0n) is 15.4. The van der Waals surface area contributed by atoms with E-state index in [1.807, 2.05) is 31.3 Å². The molecule has 1 fully saturated rings. The first kappa shape index (κ1) is 18.4. The minimum Gasteiger partial charge on any atom is -0.481 e. The average Bonchev–Trinajstić information content (AvgIpc) is 3.11. The zero-order chi connectivity index (χ0) is 18.5. The van der Waals surface area contributed by atoms with Crippen molar-refractivity contribution < 1.29 is 14.6 Å². The Morgan fingerprint density at radius 3 is 3.00 bits per heavy atom. The van der Waals surface area contributed by atoms with Crippen molar-refractivity contribution in [2.24, 2.45) is 5.92 Å². The molecule has 140 valence electrons. The largest absolute Gasteiger partial charge is 0.481 e. The molecule has 0 aromatic carbocycles. The number of nitrogens with zero attached hydrogens (tertiary/aromatic N) is 4. The lowest BCUT2D eigenvalue weighted by molar-refractivity contribution is 0.139. The van der Waals surface area contributed by atoms with Gasteiger partial charge in [-0.2, -0.15) is 0 Å². The van der Waals surface area contributed by atoms with E-state index in [1.54, 1.807) is 7.11 Å². The summed E-state index contributed by atoms with van der Waals surface area (Å²) in [5, 5.41) is 9.18. The van der Waals surface area contributed by atoms with Crippen molar-refractivity contribution in [2.45, 2.75) is 19.8 Å². The zero-order valence-corrected chi connectivity index (χ0v) is 15.4.